The first-order chi connectivity index (χ1) is 13.5. The summed E-state index contributed by atoms with van der Waals surface area (Å²) in [5.41, 5.74) is 1.59. The first-order valence-electron chi connectivity index (χ1n) is 8.64. The molecule has 2 aromatic carbocycles. The van der Waals surface area contributed by atoms with Crippen molar-refractivity contribution in [2.75, 3.05) is 19.1 Å². The molecule has 0 aliphatic heterocycles. The van der Waals surface area contributed by atoms with Crippen LogP contribution in [0, 0.1) is 0 Å². The van der Waals surface area contributed by atoms with Gasteiger partial charge in [-0.1, -0.05) is 41.4 Å². The first kappa shape index (κ1) is 22.7. The van der Waals surface area contributed by atoms with Gasteiger partial charge in [0.05, 0.1) is 7.11 Å². The standard InChI is InChI=1S/C20H23Cl2NO4S/c1-26-18-9-14(11-23-17(20(24)25)7-8-28-2)16(22)10-19(18)27-12-13-5-3-4-6-15(13)21/h3-6,9-10,17,23H,7-8,11-12H2,1-2H3,(H,24,25). The number of methoxy groups -OCH3 is 1. The summed E-state index contributed by atoms with van der Waals surface area (Å²) in [6, 6.07) is 10.2. The summed E-state index contributed by atoms with van der Waals surface area (Å²) in [5, 5.41) is 13.5. The minimum absolute atomic E-state index is 0.278. The molecule has 1 unspecified atom stereocenters. The van der Waals surface area contributed by atoms with E-state index in [9.17, 15) is 9.90 Å². The Hall–Kier alpha value is -1.60. The molecule has 8 heteroatoms. The molecule has 0 aromatic heterocycles. The van der Waals surface area contributed by atoms with Crippen LogP contribution in [0.15, 0.2) is 36.4 Å². The smallest absolute Gasteiger partial charge is 0.320 e. The van der Waals surface area contributed by atoms with Crippen molar-refractivity contribution in [1.82, 2.24) is 5.32 Å². The van der Waals surface area contributed by atoms with Crippen LogP contribution in [0.25, 0.3) is 0 Å². The highest BCUT2D eigenvalue weighted by molar-refractivity contribution is 7.98. The normalized spacial score (nSPS) is 11.9. The Bertz CT molecular complexity index is 804. The van der Waals surface area contributed by atoms with Gasteiger partial charge in [-0.3, -0.25) is 4.79 Å². The summed E-state index contributed by atoms with van der Waals surface area (Å²) in [6.07, 6.45) is 2.48. The average molecular weight is 444 g/mol. The first-order valence-corrected chi connectivity index (χ1v) is 10.8. The van der Waals surface area contributed by atoms with E-state index in [1.807, 2.05) is 24.5 Å². The van der Waals surface area contributed by atoms with E-state index in [4.69, 9.17) is 32.7 Å². The van der Waals surface area contributed by atoms with Gasteiger partial charge in [0.25, 0.3) is 0 Å². The lowest BCUT2D eigenvalue weighted by Gasteiger charge is -2.17. The van der Waals surface area contributed by atoms with Crippen molar-refractivity contribution >= 4 is 40.9 Å². The minimum atomic E-state index is -0.878. The topological polar surface area (TPSA) is 67.8 Å². The van der Waals surface area contributed by atoms with Crippen molar-refractivity contribution in [3.05, 3.63) is 57.6 Å². The van der Waals surface area contributed by atoms with Gasteiger partial charge in [0.2, 0.25) is 0 Å². The van der Waals surface area contributed by atoms with Crippen molar-refractivity contribution in [3.63, 3.8) is 0 Å². The van der Waals surface area contributed by atoms with Crippen LogP contribution in [0.1, 0.15) is 17.5 Å². The number of carbonyl (C=O) groups is 1. The number of carboxylic acid groups (broad SMARTS) is 1. The number of hydrogen-bond acceptors (Lipinski definition) is 5. The van der Waals surface area contributed by atoms with E-state index in [-0.39, 0.29) is 6.61 Å². The Kier molecular flexibility index (Phi) is 9.25. The van der Waals surface area contributed by atoms with Crippen LogP contribution in [-0.2, 0) is 17.9 Å². The number of thioether (sulfide) groups is 1. The van der Waals surface area contributed by atoms with Crippen molar-refractivity contribution in [1.29, 1.82) is 0 Å². The second-order valence-electron chi connectivity index (χ2n) is 6.03. The monoisotopic (exact) mass is 443 g/mol. The highest BCUT2D eigenvalue weighted by Gasteiger charge is 2.18. The second-order valence-corrected chi connectivity index (χ2v) is 7.83. The quantitative estimate of drug-likeness (QED) is 0.515. The molecule has 0 saturated heterocycles. The van der Waals surface area contributed by atoms with E-state index in [0.29, 0.717) is 34.5 Å². The van der Waals surface area contributed by atoms with Crippen LogP contribution in [0.3, 0.4) is 0 Å². The fourth-order valence-corrected chi connectivity index (χ4v) is 3.42. The highest BCUT2D eigenvalue weighted by atomic mass is 35.5. The summed E-state index contributed by atoms with van der Waals surface area (Å²) < 4.78 is 11.3. The van der Waals surface area contributed by atoms with Gasteiger partial charge in [0.1, 0.15) is 12.6 Å². The summed E-state index contributed by atoms with van der Waals surface area (Å²) in [4.78, 5) is 11.4. The van der Waals surface area contributed by atoms with Crippen LogP contribution in [-0.4, -0.2) is 36.2 Å². The molecule has 0 bridgehead atoms. The van der Waals surface area contributed by atoms with E-state index in [0.717, 1.165) is 16.9 Å². The summed E-state index contributed by atoms with van der Waals surface area (Å²) in [5.74, 6) is 0.893. The molecule has 0 aliphatic carbocycles. The van der Waals surface area contributed by atoms with Gasteiger partial charge in [0.15, 0.2) is 11.5 Å². The molecule has 1 atom stereocenters. The number of carboxylic acids is 1. The van der Waals surface area contributed by atoms with Crippen molar-refractivity contribution < 1.29 is 19.4 Å². The van der Waals surface area contributed by atoms with Gasteiger partial charge in [-0.25, -0.2) is 0 Å². The van der Waals surface area contributed by atoms with Crippen LogP contribution in [0.5, 0.6) is 11.5 Å². The molecule has 0 radical (unpaired) electrons. The van der Waals surface area contributed by atoms with E-state index >= 15 is 0 Å². The third-order valence-corrected chi connectivity index (χ3v) is 5.49. The molecule has 0 spiro atoms. The lowest BCUT2D eigenvalue weighted by atomic mass is 10.1. The third kappa shape index (κ3) is 6.48. The Morgan fingerprint density at radius 2 is 1.93 bits per heavy atom. The summed E-state index contributed by atoms with van der Waals surface area (Å²) in [6.45, 7) is 0.588. The number of benzene rings is 2. The van der Waals surface area contributed by atoms with Crippen LogP contribution in [0.2, 0.25) is 10.0 Å². The maximum absolute atomic E-state index is 11.4. The molecular formula is C20H23Cl2NO4S. The predicted molar refractivity (Wildman–Crippen MR) is 115 cm³/mol. The molecule has 0 aliphatic rings. The van der Waals surface area contributed by atoms with Gasteiger partial charge >= 0.3 is 5.97 Å². The number of aliphatic carboxylic acids is 1. The largest absolute Gasteiger partial charge is 0.493 e. The van der Waals surface area contributed by atoms with E-state index in [1.54, 1.807) is 37.1 Å². The lowest BCUT2D eigenvalue weighted by Crippen LogP contribution is -2.36. The molecule has 0 heterocycles. The summed E-state index contributed by atoms with van der Waals surface area (Å²) in [7, 11) is 1.54. The molecule has 0 saturated carbocycles. The fraction of sp³-hybridized carbons (Fsp3) is 0.350. The fourth-order valence-electron chi connectivity index (χ4n) is 2.54. The zero-order chi connectivity index (χ0) is 20.5. The predicted octanol–water partition coefficient (Wildman–Crippen LogP) is 4.88. The molecule has 28 heavy (non-hydrogen) atoms. The Morgan fingerprint density at radius 3 is 2.57 bits per heavy atom. The van der Waals surface area contributed by atoms with Crippen molar-refractivity contribution in [2.24, 2.45) is 0 Å². The second kappa shape index (κ2) is 11.4. The Balaban J connectivity index is 2.09. The summed E-state index contributed by atoms with van der Waals surface area (Å²) >= 11 is 14.2. The van der Waals surface area contributed by atoms with Gasteiger partial charge in [0, 0.05) is 28.2 Å². The van der Waals surface area contributed by atoms with Gasteiger partial charge in [-0.2, -0.15) is 11.8 Å². The van der Waals surface area contributed by atoms with E-state index in [2.05, 4.69) is 5.32 Å². The van der Waals surface area contributed by atoms with Crippen LogP contribution < -0.4 is 14.8 Å². The zero-order valence-electron chi connectivity index (χ0n) is 15.7. The van der Waals surface area contributed by atoms with Gasteiger partial charge < -0.3 is 19.9 Å². The molecular weight excluding hydrogens is 421 g/mol. The lowest BCUT2D eigenvalue weighted by molar-refractivity contribution is -0.139. The molecule has 2 rings (SSSR count). The molecule has 2 aromatic rings. The van der Waals surface area contributed by atoms with Crippen LogP contribution >= 0.6 is 35.0 Å². The SMILES string of the molecule is COc1cc(CNC(CCSC)C(=O)O)c(Cl)cc1OCc1ccccc1Cl. The minimum Gasteiger partial charge on any atom is -0.493 e. The molecule has 2 N–H and O–H groups in total. The van der Waals surface area contributed by atoms with E-state index in [1.165, 1.54) is 0 Å². The Labute approximate surface area is 179 Å². The van der Waals surface area contributed by atoms with Gasteiger partial charge in [-0.15, -0.1) is 0 Å². The van der Waals surface area contributed by atoms with Crippen LogP contribution in [0.4, 0.5) is 0 Å². The number of halogens is 2. The molecule has 0 fully saturated rings. The Morgan fingerprint density at radius 1 is 1.18 bits per heavy atom. The van der Waals surface area contributed by atoms with Crippen molar-refractivity contribution in [3.8, 4) is 11.5 Å². The molecule has 5 nitrogen and oxygen atoms in total. The highest BCUT2D eigenvalue weighted by Crippen LogP contribution is 2.34. The van der Waals surface area contributed by atoms with Crippen molar-refractivity contribution in [2.45, 2.75) is 25.6 Å². The van der Waals surface area contributed by atoms with Gasteiger partial charge in [-0.05, 0) is 36.1 Å². The number of ether oxygens (including phenoxy) is 2. The maximum Gasteiger partial charge on any atom is 0.320 e. The average Bonchev–Trinajstić information content (AvgIpc) is 2.68. The number of nitrogens with one attached hydrogen (secondary N) is 1. The zero-order valence-corrected chi connectivity index (χ0v) is 18.0. The molecule has 0 amide bonds. The number of hydrogen-bond donors (Lipinski definition) is 2. The number of rotatable bonds is 11. The maximum atomic E-state index is 11.4. The molecule has 152 valence electrons. The van der Waals surface area contributed by atoms with E-state index < -0.39 is 12.0 Å². The third-order valence-electron chi connectivity index (χ3n) is 4.12.